The summed E-state index contributed by atoms with van der Waals surface area (Å²) in [6.45, 7) is 5.50. The van der Waals surface area contributed by atoms with E-state index in [9.17, 15) is 14.4 Å². The SMILES string of the molecule is C=COC(=O)COC(=O)OC(=O)C=C. The van der Waals surface area contributed by atoms with Crippen molar-refractivity contribution in [3.8, 4) is 0 Å². The number of ether oxygens (including phenoxy) is 3. The molecule has 0 aliphatic carbocycles. The fourth-order valence-electron chi connectivity index (χ4n) is 0.398. The first-order valence-corrected chi connectivity index (χ1v) is 3.41. The third-order valence-corrected chi connectivity index (χ3v) is 0.873. The Morgan fingerprint density at radius 2 is 1.86 bits per heavy atom. The van der Waals surface area contributed by atoms with Crippen LogP contribution in [0.2, 0.25) is 0 Å². The molecule has 0 N–H and O–H groups in total. The van der Waals surface area contributed by atoms with E-state index in [-0.39, 0.29) is 0 Å². The number of rotatable bonds is 4. The number of carbonyl (C=O) groups excluding carboxylic acids is 3. The summed E-state index contributed by atoms with van der Waals surface area (Å²) in [6, 6.07) is 0. The molecular formula is C8H8O6. The average molecular weight is 200 g/mol. The van der Waals surface area contributed by atoms with Gasteiger partial charge in [-0.1, -0.05) is 13.2 Å². The summed E-state index contributed by atoms with van der Waals surface area (Å²) in [5.74, 6) is -1.80. The maximum atomic E-state index is 10.6. The lowest BCUT2D eigenvalue weighted by atomic mass is 10.7. The Morgan fingerprint density at radius 1 is 1.21 bits per heavy atom. The molecule has 0 amide bonds. The van der Waals surface area contributed by atoms with Gasteiger partial charge in [-0.2, -0.15) is 0 Å². The largest absolute Gasteiger partial charge is 0.516 e. The molecule has 0 aliphatic rings. The Morgan fingerprint density at radius 3 is 2.36 bits per heavy atom. The molecule has 0 aliphatic heterocycles. The zero-order valence-corrected chi connectivity index (χ0v) is 7.23. The highest BCUT2D eigenvalue weighted by molar-refractivity contribution is 5.89. The van der Waals surface area contributed by atoms with Crippen LogP contribution in [-0.2, 0) is 23.8 Å². The second kappa shape index (κ2) is 6.41. The van der Waals surface area contributed by atoms with Crippen molar-refractivity contribution in [3.63, 3.8) is 0 Å². The van der Waals surface area contributed by atoms with Gasteiger partial charge in [-0.3, -0.25) is 0 Å². The van der Waals surface area contributed by atoms with E-state index in [4.69, 9.17) is 0 Å². The van der Waals surface area contributed by atoms with Crippen molar-refractivity contribution in [3.05, 3.63) is 25.5 Å². The van der Waals surface area contributed by atoms with Crippen molar-refractivity contribution in [2.75, 3.05) is 6.61 Å². The summed E-state index contributed by atoms with van der Waals surface area (Å²) < 4.78 is 12.4. The van der Waals surface area contributed by atoms with Gasteiger partial charge < -0.3 is 14.2 Å². The van der Waals surface area contributed by atoms with Gasteiger partial charge in [0.2, 0.25) is 0 Å². The molecule has 0 saturated heterocycles. The average Bonchev–Trinajstić information content (AvgIpc) is 2.15. The lowest BCUT2D eigenvalue weighted by Gasteiger charge is -2.01. The maximum absolute atomic E-state index is 10.6. The first kappa shape index (κ1) is 11.9. The van der Waals surface area contributed by atoms with Crippen LogP contribution in [0.3, 0.4) is 0 Å². The van der Waals surface area contributed by atoms with Crippen molar-refractivity contribution < 1.29 is 28.6 Å². The van der Waals surface area contributed by atoms with E-state index in [2.05, 4.69) is 27.4 Å². The number of hydrogen-bond acceptors (Lipinski definition) is 6. The molecule has 6 nitrogen and oxygen atoms in total. The van der Waals surface area contributed by atoms with Crippen LogP contribution in [0.4, 0.5) is 4.79 Å². The molecular weight excluding hydrogens is 192 g/mol. The van der Waals surface area contributed by atoms with Gasteiger partial charge in [0.05, 0.1) is 6.26 Å². The Balaban J connectivity index is 3.73. The van der Waals surface area contributed by atoms with Crippen molar-refractivity contribution in [1.29, 1.82) is 0 Å². The van der Waals surface area contributed by atoms with Gasteiger partial charge in [-0.15, -0.1) is 0 Å². The molecule has 0 fully saturated rings. The van der Waals surface area contributed by atoms with Crippen molar-refractivity contribution in [1.82, 2.24) is 0 Å². The summed E-state index contributed by atoms with van der Waals surface area (Å²) in [4.78, 5) is 31.6. The van der Waals surface area contributed by atoms with Crippen molar-refractivity contribution >= 4 is 18.1 Å². The van der Waals surface area contributed by atoms with Gasteiger partial charge in [0, 0.05) is 6.08 Å². The lowest BCUT2D eigenvalue weighted by molar-refractivity contribution is -0.144. The molecule has 0 saturated carbocycles. The minimum atomic E-state index is -1.30. The topological polar surface area (TPSA) is 78.9 Å². The molecule has 0 unspecified atom stereocenters. The second-order valence-corrected chi connectivity index (χ2v) is 1.82. The Hall–Kier alpha value is -2.11. The molecule has 14 heavy (non-hydrogen) atoms. The highest BCUT2D eigenvalue weighted by Gasteiger charge is 2.11. The van der Waals surface area contributed by atoms with E-state index in [1.54, 1.807) is 0 Å². The van der Waals surface area contributed by atoms with E-state index in [1.165, 1.54) is 0 Å². The summed E-state index contributed by atoms with van der Waals surface area (Å²) in [5.41, 5.74) is 0. The summed E-state index contributed by atoms with van der Waals surface area (Å²) in [5, 5.41) is 0. The number of esters is 2. The molecule has 0 aromatic heterocycles. The van der Waals surface area contributed by atoms with Crippen LogP contribution in [0, 0.1) is 0 Å². The minimum absolute atomic E-state index is 0.657. The summed E-state index contributed by atoms with van der Waals surface area (Å²) in [6.07, 6.45) is 0.366. The standard InChI is InChI=1S/C8H8O6/c1-3-6(9)14-8(11)13-5-7(10)12-4-2/h3-4H,1-2,5H2. The Labute approximate surface area is 79.7 Å². The molecule has 0 heterocycles. The number of hydrogen-bond donors (Lipinski definition) is 0. The van der Waals surface area contributed by atoms with Crippen LogP contribution >= 0.6 is 0 Å². The van der Waals surface area contributed by atoms with Crippen LogP contribution in [0.1, 0.15) is 0 Å². The van der Waals surface area contributed by atoms with E-state index in [0.717, 1.165) is 12.3 Å². The van der Waals surface area contributed by atoms with Crippen LogP contribution in [-0.4, -0.2) is 24.7 Å². The first-order valence-electron chi connectivity index (χ1n) is 3.41. The first-order chi connectivity index (χ1) is 6.60. The molecule has 0 atom stereocenters. The third-order valence-electron chi connectivity index (χ3n) is 0.873. The monoisotopic (exact) mass is 200 g/mol. The maximum Gasteiger partial charge on any atom is 0.516 e. The fourth-order valence-corrected chi connectivity index (χ4v) is 0.398. The molecule has 0 aromatic rings. The molecule has 0 bridgehead atoms. The second-order valence-electron chi connectivity index (χ2n) is 1.82. The van der Waals surface area contributed by atoms with Crippen molar-refractivity contribution in [2.45, 2.75) is 0 Å². The molecule has 0 aromatic carbocycles. The zero-order chi connectivity index (χ0) is 11.0. The molecule has 76 valence electrons. The molecule has 0 radical (unpaired) electrons. The van der Waals surface area contributed by atoms with Gasteiger partial charge in [-0.05, 0) is 0 Å². The van der Waals surface area contributed by atoms with Gasteiger partial charge >= 0.3 is 18.1 Å². The highest BCUT2D eigenvalue weighted by Crippen LogP contribution is 1.89. The van der Waals surface area contributed by atoms with Crippen LogP contribution < -0.4 is 0 Å². The van der Waals surface area contributed by atoms with E-state index in [1.807, 2.05) is 0 Å². The molecule has 0 spiro atoms. The number of carbonyl (C=O) groups is 3. The third kappa shape index (κ3) is 5.53. The van der Waals surface area contributed by atoms with Crippen LogP contribution in [0.15, 0.2) is 25.5 Å². The van der Waals surface area contributed by atoms with Crippen LogP contribution in [0.25, 0.3) is 0 Å². The van der Waals surface area contributed by atoms with E-state index in [0.29, 0.717) is 0 Å². The summed E-state index contributed by atoms with van der Waals surface area (Å²) in [7, 11) is 0. The fraction of sp³-hybridized carbons (Fsp3) is 0.125. The van der Waals surface area contributed by atoms with E-state index < -0.39 is 24.7 Å². The summed E-state index contributed by atoms with van der Waals surface area (Å²) >= 11 is 0. The lowest BCUT2D eigenvalue weighted by Crippen LogP contribution is -2.17. The van der Waals surface area contributed by atoms with Gasteiger partial charge in [0.1, 0.15) is 0 Å². The quantitative estimate of drug-likeness (QED) is 0.285. The Bertz CT molecular complexity index is 267. The molecule has 0 rings (SSSR count). The van der Waals surface area contributed by atoms with Gasteiger partial charge in [-0.25, -0.2) is 14.4 Å². The van der Waals surface area contributed by atoms with Crippen LogP contribution in [0.5, 0.6) is 0 Å². The molecule has 6 heteroatoms. The highest BCUT2D eigenvalue weighted by atomic mass is 16.7. The van der Waals surface area contributed by atoms with Crippen molar-refractivity contribution in [2.24, 2.45) is 0 Å². The smallest absolute Gasteiger partial charge is 0.433 e. The normalized spacial score (nSPS) is 8.29. The minimum Gasteiger partial charge on any atom is -0.433 e. The van der Waals surface area contributed by atoms with E-state index >= 15 is 0 Å². The Kier molecular flexibility index (Phi) is 5.44. The van der Waals surface area contributed by atoms with Gasteiger partial charge in [0.15, 0.2) is 6.61 Å². The predicted octanol–water partition coefficient (Wildman–Crippen LogP) is 0.539. The zero-order valence-electron chi connectivity index (χ0n) is 7.23. The predicted molar refractivity (Wildman–Crippen MR) is 43.9 cm³/mol. The van der Waals surface area contributed by atoms with Gasteiger partial charge in [0.25, 0.3) is 0 Å².